The molecule has 0 saturated heterocycles. The van der Waals surface area contributed by atoms with E-state index in [2.05, 4.69) is 35.5 Å². The Bertz CT molecular complexity index is 348. The van der Waals surface area contributed by atoms with Gasteiger partial charge in [0, 0.05) is 31.5 Å². The van der Waals surface area contributed by atoms with E-state index in [0.717, 1.165) is 18.8 Å². The molecule has 0 radical (unpaired) electrons. The van der Waals surface area contributed by atoms with Gasteiger partial charge in [0.2, 0.25) is 0 Å². The fraction of sp³-hybridized carbons (Fsp3) is 0.667. The lowest BCUT2D eigenvalue weighted by Gasteiger charge is -2.35. The topological polar surface area (TPSA) is 37.0 Å². The van der Waals surface area contributed by atoms with E-state index >= 15 is 0 Å². The van der Waals surface area contributed by atoms with E-state index in [-0.39, 0.29) is 0 Å². The lowest BCUT2D eigenvalue weighted by atomic mass is 9.75. The third-order valence-electron chi connectivity index (χ3n) is 3.75. The monoisotopic (exact) mass is 247 g/mol. The Balaban J connectivity index is 1.64. The number of anilines is 1. The molecule has 0 aliphatic heterocycles. The highest BCUT2D eigenvalue weighted by Gasteiger charge is 2.27. The molecule has 2 N–H and O–H groups in total. The molecule has 1 saturated carbocycles. The van der Waals surface area contributed by atoms with Crippen molar-refractivity contribution >= 4 is 5.69 Å². The molecule has 2 rings (SSSR count). The number of rotatable bonds is 5. The van der Waals surface area contributed by atoms with Gasteiger partial charge in [0.05, 0.1) is 5.69 Å². The quantitative estimate of drug-likeness (QED) is 0.785. The van der Waals surface area contributed by atoms with Crippen molar-refractivity contribution in [3.05, 3.63) is 24.5 Å². The highest BCUT2D eigenvalue weighted by atomic mass is 15.0. The first-order chi connectivity index (χ1) is 8.66. The molecular weight excluding hydrogens is 222 g/mol. The van der Waals surface area contributed by atoms with E-state index in [1.807, 2.05) is 12.3 Å². The number of hydrogen-bond acceptors (Lipinski definition) is 3. The normalized spacial score (nSPS) is 22.7. The molecule has 1 aliphatic carbocycles. The first-order valence-corrected chi connectivity index (χ1v) is 7.03. The summed E-state index contributed by atoms with van der Waals surface area (Å²) in [6, 6.07) is 4.71. The van der Waals surface area contributed by atoms with Gasteiger partial charge in [0.1, 0.15) is 0 Å². The summed E-state index contributed by atoms with van der Waals surface area (Å²) in [6.07, 6.45) is 9.04. The van der Waals surface area contributed by atoms with Crippen LogP contribution in [0.3, 0.4) is 0 Å². The Kier molecular flexibility index (Phi) is 4.59. The molecule has 0 aromatic carbocycles. The van der Waals surface area contributed by atoms with Crippen LogP contribution in [-0.4, -0.2) is 24.1 Å². The van der Waals surface area contributed by atoms with E-state index in [1.165, 1.54) is 25.7 Å². The van der Waals surface area contributed by atoms with Crippen LogP contribution >= 0.6 is 0 Å². The maximum absolute atomic E-state index is 4.09. The molecule has 1 aromatic rings. The van der Waals surface area contributed by atoms with Gasteiger partial charge in [-0.15, -0.1) is 0 Å². The molecular formula is C15H25N3. The number of pyridine rings is 1. The van der Waals surface area contributed by atoms with E-state index < -0.39 is 0 Å². The van der Waals surface area contributed by atoms with Crippen LogP contribution in [-0.2, 0) is 0 Å². The number of nitrogens with one attached hydrogen (secondary N) is 2. The van der Waals surface area contributed by atoms with Crippen LogP contribution in [0.1, 0.15) is 39.5 Å². The molecule has 0 unspecified atom stereocenters. The summed E-state index contributed by atoms with van der Waals surface area (Å²) in [6.45, 7) is 6.75. The SMILES string of the molecule is CC1(C)CCC[C@H](NCCNc2cccnc2)C1. The molecule has 0 spiro atoms. The minimum Gasteiger partial charge on any atom is -0.383 e. The maximum Gasteiger partial charge on any atom is 0.0527 e. The minimum atomic E-state index is 0.521. The average Bonchev–Trinajstić information content (AvgIpc) is 2.35. The first-order valence-electron chi connectivity index (χ1n) is 7.03. The zero-order chi connectivity index (χ0) is 12.8. The molecule has 1 heterocycles. The Morgan fingerprint density at radius 3 is 3.00 bits per heavy atom. The summed E-state index contributed by atoms with van der Waals surface area (Å²) < 4.78 is 0. The van der Waals surface area contributed by atoms with Gasteiger partial charge >= 0.3 is 0 Å². The van der Waals surface area contributed by atoms with Crippen LogP contribution in [0.25, 0.3) is 0 Å². The van der Waals surface area contributed by atoms with Crippen molar-refractivity contribution in [3.63, 3.8) is 0 Å². The summed E-state index contributed by atoms with van der Waals surface area (Å²) in [7, 11) is 0. The second kappa shape index (κ2) is 6.19. The number of aromatic nitrogens is 1. The van der Waals surface area contributed by atoms with Crippen molar-refractivity contribution in [1.82, 2.24) is 10.3 Å². The molecule has 1 fully saturated rings. The summed E-state index contributed by atoms with van der Waals surface area (Å²) >= 11 is 0. The van der Waals surface area contributed by atoms with Crippen molar-refractivity contribution in [2.45, 2.75) is 45.6 Å². The summed E-state index contributed by atoms with van der Waals surface area (Å²) in [5, 5.41) is 7.04. The smallest absolute Gasteiger partial charge is 0.0527 e. The van der Waals surface area contributed by atoms with Gasteiger partial charge in [0.25, 0.3) is 0 Å². The molecule has 3 heteroatoms. The second-order valence-electron chi connectivity index (χ2n) is 6.08. The van der Waals surface area contributed by atoms with Crippen molar-refractivity contribution in [3.8, 4) is 0 Å². The van der Waals surface area contributed by atoms with Gasteiger partial charge in [-0.05, 0) is 36.8 Å². The molecule has 18 heavy (non-hydrogen) atoms. The molecule has 0 amide bonds. The molecule has 3 nitrogen and oxygen atoms in total. The largest absolute Gasteiger partial charge is 0.383 e. The third kappa shape index (κ3) is 4.30. The average molecular weight is 247 g/mol. The van der Waals surface area contributed by atoms with Crippen LogP contribution in [0.5, 0.6) is 0 Å². The number of hydrogen-bond donors (Lipinski definition) is 2. The molecule has 1 aromatic heterocycles. The predicted molar refractivity (Wildman–Crippen MR) is 76.8 cm³/mol. The fourth-order valence-corrected chi connectivity index (χ4v) is 2.82. The summed E-state index contributed by atoms with van der Waals surface area (Å²) in [5.41, 5.74) is 1.62. The lowest BCUT2D eigenvalue weighted by Crippen LogP contribution is -2.39. The van der Waals surface area contributed by atoms with E-state index in [9.17, 15) is 0 Å². The molecule has 1 atom stereocenters. The summed E-state index contributed by atoms with van der Waals surface area (Å²) in [5.74, 6) is 0. The van der Waals surface area contributed by atoms with Crippen LogP contribution in [0, 0.1) is 5.41 Å². The lowest BCUT2D eigenvalue weighted by molar-refractivity contribution is 0.200. The van der Waals surface area contributed by atoms with E-state index in [4.69, 9.17) is 0 Å². The van der Waals surface area contributed by atoms with Crippen molar-refractivity contribution in [2.75, 3.05) is 18.4 Å². The van der Waals surface area contributed by atoms with Gasteiger partial charge in [-0.1, -0.05) is 20.3 Å². The Labute approximate surface area is 110 Å². The van der Waals surface area contributed by atoms with Crippen molar-refractivity contribution < 1.29 is 0 Å². The number of nitrogens with zero attached hydrogens (tertiary/aromatic N) is 1. The third-order valence-corrected chi connectivity index (χ3v) is 3.75. The maximum atomic E-state index is 4.09. The van der Waals surface area contributed by atoms with Gasteiger partial charge < -0.3 is 10.6 Å². The Morgan fingerprint density at radius 1 is 1.39 bits per heavy atom. The highest BCUT2D eigenvalue weighted by Crippen LogP contribution is 2.34. The first kappa shape index (κ1) is 13.3. The van der Waals surface area contributed by atoms with Gasteiger partial charge in [-0.25, -0.2) is 0 Å². The molecule has 0 bridgehead atoms. The second-order valence-corrected chi connectivity index (χ2v) is 6.08. The zero-order valence-corrected chi connectivity index (χ0v) is 11.6. The fourth-order valence-electron chi connectivity index (χ4n) is 2.82. The minimum absolute atomic E-state index is 0.521. The van der Waals surface area contributed by atoms with Crippen molar-refractivity contribution in [2.24, 2.45) is 5.41 Å². The predicted octanol–water partition coefficient (Wildman–Crippen LogP) is 3.05. The zero-order valence-electron chi connectivity index (χ0n) is 11.6. The molecule has 1 aliphatic rings. The highest BCUT2D eigenvalue weighted by molar-refractivity contribution is 5.39. The van der Waals surface area contributed by atoms with Gasteiger partial charge in [-0.2, -0.15) is 0 Å². The van der Waals surface area contributed by atoms with Gasteiger partial charge in [0.15, 0.2) is 0 Å². The summed E-state index contributed by atoms with van der Waals surface area (Å²) in [4.78, 5) is 4.09. The van der Waals surface area contributed by atoms with Crippen LogP contribution in [0.2, 0.25) is 0 Å². The van der Waals surface area contributed by atoms with Gasteiger partial charge in [-0.3, -0.25) is 4.98 Å². The standard InChI is InChI=1S/C15H25N3/c1-15(2)7-3-5-13(11-15)17-9-10-18-14-6-4-8-16-12-14/h4,6,8,12-13,17-18H,3,5,7,9-11H2,1-2H3/t13-/m0/s1. The van der Waals surface area contributed by atoms with Crippen LogP contribution < -0.4 is 10.6 Å². The van der Waals surface area contributed by atoms with Crippen molar-refractivity contribution in [1.29, 1.82) is 0 Å². The van der Waals surface area contributed by atoms with E-state index in [0.29, 0.717) is 11.5 Å². The van der Waals surface area contributed by atoms with Crippen LogP contribution in [0.15, 0.2) is 24.5 Å². The van der Waals surface area contributed by atoms with Crippen LogP contribution in [0.4, 0.5) is 5.69 Å². The molecule has 100 valence electrons. The van der Waals surface area contributed by atoms with E-state index in [1.54, 1.807) is 6.20 Å². The Morgan fingerprint density at radius 2 is 2.28 bits per heavy atom. The Hall–Kier alpha value is -1.09.